The molecule has 1 heterocycles. The maximum Gasteiger partial charge on any atom is 0.258 e. The van der Waals surface area contributed by atoms with Gasteiger partial charge in [0.2, 0.25) is 0 Å². The van der Waals surface area contributed by atoms with Gasteiger partial charge in [0, 0.05) is 28.0 Å². The average Bonchev–Trinajstić information content (AvgIpc) is 2.75. The first-order chi connectivity index (χ1) is 14.0. The number of carbonyl (C=O) groups is 2. The van der Waals surface area contributed by atoms with Crippen molar-refractivity contribution >= 4 is 50.7 Å². The van der Waals surface area contributed by atoms with Crippen molar-refractivity contribution in [2.45, 2.75) is 12.8 Å². The van der Waals surface area contributed by atoms with Gasteiger partial charge in [0.1, 0.15) is 0 Å². The van der Waals surface area contributed by atoms with E-state index < -0.39 is 0 Å². The zero-order valence-electron chi connectivity index (χ0n) is 15.5. The molecule has 1 aliphatic rings. The van der Waals surface area contributed by atoms with Gasteiger partial charge in [0.25, 0.3) is 11.8 Å². The number of rotatable bonds is 3. The van der Waals surface area contributed by atoms with E-state index in [1.54, 1.807) is 18.2 Å². The number of hydrogen-bond acceptors (Lipinski definition) is 2. The maximum absolute atomic E-state index is 12.9. The topological polar surface area (TPSA) is 49.4 Å². The van der Waals surface area contributed by atoms with Crippen LogP contribution in [0.25, 0.3) is 0 Å². The Bertz CT molecular complexity index is 1090. The Labute approximate surface area is 182 Å². The molecule has 29 heavy (non-hydrogen) atoms. The summed E-state index contributed by atoms with van der Waals surface area (Å²) in [6.45, 7) is 0.681. The van der Waals surface area contributed by atoms with Gasteiger partial charge in [-0.05, 0) is 66.9 Å². The Morgan fingerprint density at radius 1 is 1.00 bits per heavy atom. The van der Waals surface area contributed by atoms with E-state index in [0.717, 1.165) is 28.6 Å². The second-order valence-electron chi connectivity index (χ2n) is 6.85. The summed E-state index contributed by atoms with van der Waals surface area (Å²) in [6, 6.07) is 20.1. The van der Waals surface area contributed by atoms with Crippen LogP contribution in [0.15, 0.2) is 71.2 Å². The van der Waals surface area contributed by atoms with Crippen LogP contribution in [0.3, 0.4) is 0 Å². The molecule has 2 amide bonds. The minimum Gasteiger partial charge on any atom is -0.322 e. The number of hydrogen-bond donors (Lipinski definition) is 1. The van der Waals surface area contributed by atoms with E-state index in [1.807, 2.05) is 53.4 Å². The first-order valence-electron chi connectivity index (χ1n) is 9.29. The third-order valence-corrected chi connectivity index (χ3v) is 5.72. The fourth-order valence-electron chi connectivity index (χ4n) is 3.49. The van der Waals surface area contributed by atoms with Crippen molar-refractivity contribution in [2.75, 3.05) is 16.8 Å². The highest BCUT2D eigenvalue weighted by Gasteiger charge is 2.24. The molecular formula is C23H18BrClN2O2. The number of halogens is 2. The van der Waals surface area contributed by atoms with Gasteiger partial charge in [-0.1, -0.05) is 45.7 Å². The molecule has 0 aliphatic carbocycles. The number of carbonyl (C=O) groups excluding carboxylic acids is 2. The molecule has 1 aliphatic heterocycles. The third kappa shape index (κ3) is 4.21. The standard InChI is InChI=1S/C23H18BrClN2O2/c24-17-8-10-20(25)19(14-17)22(28)26-18-9-11-21-16(13-18)7-4-12-27(21)23(29)15-5-2-1-3-6-15/h1-3,5-6,8-11,13-14H,4,7,12H2,(H,26,28). The quantitative estimate of drug-likeness (QED) is 0.515. The highest BCUT2D eigenvalue weighted by molar-refractivity contribution is 9.10. The predicted molar refractivity (Wildman–Crippen MR) is 120 cm³/mol. The van der Waals surface area contributed by atoms with E-state index in [-0.39, 0.29) is 11.8 Å². The molecule has 0 fully saturated rings. The molecule has 0 unspecified atom stereocenters. The van der Waals surface area contributed by atoms with Crippen LogP contribution in [-0.4, -0.2) is 18.4 Å². The van der Waals surface area contributed by atoms with Crippen molar-refractivity contribution in [2.24, 2.45) is 0 Å². The minimum absolute atomic E-state index is 0.00995. The number of amides is 2. The van der Waals surface area contributed by atoms with E-state index in [2.05, 4.69) is 21.2 Å². The summed E-state index contributed by atoms with van der Waals surface area (Å²) in [7, 11) is 0. The number of anilines is 2. The molecule has 146 valence electrons. The average molecular weight is 470 g/mol. The second kappa shape index (κ2) is 8.39. The monoisotopic (exact) mass is 468 g/mol. The van der Waals surface area contributed by atoms with E-state index in [1.165, 1.54) is 0 Å². The van der Waals surface area contributed by atoms with Gasteiger partial charge < -0.3 is 10.2 Å². The van der Waals surface area contributed by atoms with E-state index in [4.69, 9.17) is 11.6 Å². The van der Waals surface area contributed by atoms with Crippen LogP contribution in [0.4, 0.5) is 11.4 Å². The van der Waals surface area contributed by atoms with Gasteiger partial charge in [-0.15, -0.1) is 0 Å². The first kappa shape index (κ1) is 19.7. The molecule has 0 atom stereocenters. The molecule has 4 rings (SSSR count). The molecule has 0 bridgehead atoms. The summed E-state index contributed by atoms with van der Waals surface area (Å²) in [4.78, 5) is 27.4. The minimum atomic E-state index is -0.274. The zero-order chi connectivity index (χ0) is 20.4. The van der Waals surface area contributed by atoms with Crippen LogP contribution in [0.5, 0.6) is 0 Å². The van der Waals surface area contributed by atoms with E-state index >= 15 is 0 Å². The molecular weight excluding hydrogens is 452 g/mol. The maximum atomic E-state index is 12.9. The second-order valence-corrected chi connectivity index (χ2v) is 8.17. The molecule has 3 aromatic rings. The summed E-state index contributed by atoms with van der Waals surface area (Å²) < 4.78 is 0.785. The van der Waals surface area contributed by atoms with Crippen LogP contribution in [0, 0.1) is 0 Å². The molecule has 0 saturated carbocycles. The number of aryl methyl sites for hydroxylation is 1. The molecule has 0 saturated heterocycles. The summed E-state index contributed by atoms with van der Waals surface area (Å²) in [5.74, 6) is -0.284. The molecule has 0 spiro atoms. The van der Waals surface area contributed by atoms with Gasteiger partial charge >= 0.3 is 0 Å². The number of fused-ring (bicyclic) bond motifs is 1. The zero-order valence-corrected chi connectivity index (χ0v) is 17.8. The Hall–Kier alpha value is -2.63. The van der Waals surface area contributed by atoms with Crippen molar-refractivity contribution in [1.29, 1.82) is 0 Å². The summed E-state index contributed by atoms with van der Waals surface area (Å²) in [5, 5.41) is 3.30. The smallest absolute Gasteiger partial charge is 0.258 e. The Morgan fingerprint density at radius 3 is 2.59 bits per heavy atom. The van der Waals surface area contributed by atoms with Crippen LogP contribution < -0.4 is 10.2 Å². The molecule has 6 heteroatoms. The molecule has 3 aromatic carbocycles. The number of nitrogens with one attached hydrogen (secondary N) is 1. The van der Waals surface area contributed by atoms with Crippen molar-refractivity contribution < 1.29 is 9.59 Å². The molecule has 0 aromatic heterocycles. The lowest BCUT2D eigenvalue weighted by molar-refractivity contribution is 0.0983. The van der Waals surface area contributed by atoms with Crippen LogP contribution in [-0.2, 0) is 6.42 Å². The van der Waals surface area contributed by atoms with Gasteiger partial charge in [-0.2, -0.15) is 0 Å². The van der Waals surface area contributed by atoms with Crippen LogP contribution >= 0.6 is 27.5 Å². The fraction of sp³-hybridized carbons (Fsp3) is 0.130. The first-order valence-corrected chi connectivity index (χ1v) is 10.5. The third-order valence-electron chi connectivity index (χ3n) is 4.89. The number of nitrogens with zero attached hydrogens (tertiary/aromatic N) is 1. The van der Waals surface area contributed by atoms with E-state index in [9.17, 15) is 9.59 Å². The van der Waals surface area contributed by atoms with Crippen LogP contribution in [0.1, 0.15) is 32.7 Å². The lowest BCUT2D eigenvalue weighted by atomic mass is 10.00. The van der Waals surface area contributed by atoms with Gasteiger partial charge in [-0.3, -0.25) is 9.59 Å². The largest absolute Gasteiger partial charge is 0.322 e. The van der Waals surface area contributed by atoms with Gasteiger partial charge in [0.05, 0.1) is 10.6 Å². The van der Waals surface area contributed by atoms with Crippen molar-refractivity contribution in [1.82, 2.24) is 0 Å². The SMILES string of the molecule is O=C(Nc1ccc2c(c1)CCCN2C(=O)c1ccccc1)c1cc(Br)ccc1Cl. The lowest BCUT2D eigenvalue weighted by Gasteiger charge is -2.30. The Kier molecular flexibility index (Phi) is 5.69. The molecule has 0 radical (unpaired) electrons. The molecule has 1 N–H and O–H groups in total. The van der Waals surface area contributed by atoms with Crippen molar-refractivity contribution in [3.05, 3.63) is 92.9 Å². The molecule has 4 nitrogen and oxygen atoms in total. The normalized spacial score (nSPS) is 13.0. The van der Waals surface area contributed by atoms with Crippen molar-refractivity contribution in [3.8, 4) is 0 Å². The number of benzene rings is 3. The highest BCUT2D eigenvalue weighted by atomic mass is 79.9. The van der Waals surface area contributed by atoms with Gasteiger partial charge in [-0.25, -0.2) is 0 Å². The predicted octanol–water partition coefficient (Wildman–Crippen LogP) is 5.95. The summed E-state index contributed by atoms with van der Waals surface area (Å²) in [6.07, 6.45) is 1.73. The fourth-order valence-corrected chi connectivity index (χ4v) is 4.06. The van der Waals surface area contributed by atoms with E-state index in [0.29, 0.717) is 28.4 Å². The van der Waals surface area contributed by atoms with Crippen molar-refractivity contribution in [3.63, 3.8) is 0 Å². The summed E-state index contributed by atoms with van der Waals surface area (Å²) in [5.41, 5.74) is 3.68. The highest BCUT2D eigenvalue weighted by Crippen LogP contribution is 2.31. The van der Waals surface area contributed by atoms with Gasteiger partial charge in [0.15, 0.2) is 0 Å². The summed E-state index contributed by atoms with van der Waals surface area (Å²) >= 11 is 9.52. The Balaban J connectivity index is 1.58. The van der Waals surface area contributed by atoms with Crippen LogP contribution in [0.2, 0.25) is 5.02 Å². The Morgan fingerprint density at radius 2 is 1.79 bits per heavy atom. The lowest BCUT2D eigenvalue weighted by Crippen LogP contribution is -2.35.